The van der Waals surface area contributed by atoms with E-state index in [0.29, 0.717) is 5.56 Å². The summed E-state index contributed by atoms with van der Waals surface area (Å²) in [7, 11) is 0. The number of fused-ring (bicyclic) bond motifs is 1. The number of nitrogens with zero attached hydrogens (tertiary/aromatic N) is 2. The molecule has 2 aromatic carbocycles. The topological polar surface area (TPSA) is 45.2 Å². The second-order valence-corrected chi connectivity index (χ2v) is 8.14. The molecule has 1 saturated heterocycles. The van der Waals surface area contributed by atoms with Crippen LogP contribution >= 0.6 is 11.8 Å². The molecule has 138 valence electrons. The molecule has 0 unspecified atom stereocenters. The Balaban J connectivity index is 1.81. The van der Waals surface area contributed by atoms with Crippen LogP contribution in [-0.4, -0.2) is 40.4 Å². The van der Waals surface area contributed by atoms with Crippen molar-refractivity contribution in [2.75, 3.05) is 29.9 Å². The monoisotopic (exact) mass is 377 g/mol. The van der Waals surface area contributed by atoms with Crippen LogP contribution in [0, 0.1) is 13.8 Å². The molecule has 4 nitrogen and oxygen atoms in total. The minimum Gasteiger partial charge on any atom is -0.354 e. The van der Waals surface area contributed by atoms with Crippen molar-refractivity contribution < 1.29 is 4.79 Å². The lowest BCUT2D eigenvalue weighted by atomic mass is 10.1. The lowest BCUT2D eigenvalue weighted by Crippen LogP contribution is -2.38. The summed E-state index contributed by atoms with van der Waals surface area (Å²) in [6, 6.07) is 14.3. The quantitative estimate of drug-likeness (QED) is 0.713. The zero-order chi connectivity index (χ0) is 18.8. The molecule has 0 spiro atoms. The summed E-state index contributed by atoms with van der Waals surface area (Å²) in [5.41, 5.74) is 5.76. The highest BCUT2D eigenvalue weighted by Gasteiger charge is 2.23. The summed E-state index contributed by atoms with van der Waals surface area (Å²) in [5.74, 6) is 2.04. The highest BCUT2D eigenvalue weighted by Crippen LogP contribution is 2.31. The van der Waals surface area contributed by atoms with Crippen LogP contribution in [0.25, 0.3) is 10.9 Å². The molecule has 1 aliphatic heterocycles. The molecular formula is C22H23N3OS. The van der Waals surface area contributed by atoms with Gasteiger partial charge in [-0.05, 0) is 31.5 Å². The number of nitrogens with one attached hydrogen (secondary N) is 1. The van der Waals surface area contributed by atoms with Gasteiger partial charge in [0.05, 0.1) is 16.8 Å². The molecule has 1 N–H and O–H groups in total. The summed E-state index contributed by atoms with van der Waals surface area (Å²) in [6.45, 7) is 5.75. The second-order valence-electron chi connectivity index (χ2n) is 6.91. The Morgan fingerprint density at radius 3 is 2.67 bits per heavy atom. The van der Waals surface area contributed by atoms with Crippen LogP contribution in [0.4, 0.5) is 11.4 Å². The highest BCUT2D eigenvalue weighted by atomic mass is 32.2. The molecule has 2 heterocycles. The predicted molar refractivity (Wildman–Crippen MR) is 114 cm³/mol. The third-order valence-electron chi connectivity index (χ3n) is 4.95. The van der Waals surface area contributed by atoms with Crippen molar-refractivity contribution in [3.63, 3.8) is 0 Å². The zero-order valence-electron chi connectivity index (χ0n) is 15.7. The Kier molecular flexibility index (Phi) is 5.03. The van der Waals surface area contributed by atoms with Gasteiger partial charge in [-0.1, -0.05) is 35.9 Å². The van der Waals surface area contributed by atoms with Crippen LogP contribution in [0.2, 0.25) is 0 Å². The van der Waals surface area contributed by atoms with E-state index in [1.165, 1.54) is 5.56 Å². The van der Waals surface area contributed by atoms with Gasteiger partial charge in [-0.25, -0.2) is 0 Å². The van der Waals surface area contributed by atoms with Gasteiger partial charge in [0.2, 0.25) is 0 Å². The molecule has 0 atom stereocenters. The average molecular weight is 378 g/mol. The normalized spacial score (nSPS) is 14.4. The molecule has 0 bridgehead atoms. The van der Waals surface area contributed by atoms with Gasteiger partial charge in [-0.15, -0.1) is 0 Å². The number of aryl methyl sites for hydroxylation is 2. The summed E-state index contributed by atoms with van der Waals surface area (Å²) in [4.78, 5) is 19.7. The third-order valence-corrected chi connectivity index (χ3v) is 5.89. The first kappa shape index (κ1) is 17.9. The van der Waals surface area contributed by atoms with E-state index in [4.69, 9.17) is 0 Å². The van der Waals surface area contributed by atoms with E-state index in [0.717, 1.165) is 52.4 Å². The molecule has 27 heavy (non-hydrogen) atoms. The van der Waals surface area contributed by atoms with Crippen molar-refractivity contribution in [3.05, 3.63) is 65.4 Å². The summed E-state index contributed by atoms with van der Waals surface area (Å²) < 4.78 is 0. The third kappa shape index (κ3) is 3.65. The Labute approximate surface area is 164 Å². The van der Waals surface area contributed by atoms with Crippen LogP contribution in [0.3, 0.4) is 0 Å². The molecule has 0 radical (unpaired) electrons. The van der Waals surface area contributed by atoms with Crippen molar-refractivity contribution in [1.29, 1.82) is 0 Å². The SMILES string of the molecule is Cc1ccc(Nc2c(C(=O)N3CCSCC3)cnc3ccccc23)c(C)c1. The largest absolute Gasteiger partial charge is 0.354 e. The molecule has 1 amide bonds. The number of amides is 1. The maximum Gasteiger partial charge on any atom is 0.257 e. The highest BCUT2D eigenvalue weighted by molar-refractivity contribution is 7.99. The van der Waals surface area contributed by atoms with E-state index < -0.39 is 0 Å². The van der Waals surface area contributed by atoms with E-state index in [1.54, 1.807) is 6.20 Å². The first-order valence-electron chi connectivity index (χ1n) is 9.22. The number of thioether (sulfide) groups is 1. The average Bonchev–Trinajstić information content (AvgIpc) is 2.70. The number of carbonyl (C=O) groups is 1. The first-order chi connectivity index (χ1) is 13.1. The van der Waals surface area contributed by atoms with E-state index in [-0.39, 0.29) is 5.91 Å². The molecule has 1 fully saturated rings. The van der Waals surface area contributed by atoms with Gasteiger partial charge in [0.15, 0.2) is 0 Å². The molecule has 0 aliphatic carbocycles. The number of aromatic nitrogens is 1. The lowest BCUT2D eigenvalue weighted by Gasteiger charge is -2.27. The van der Waals surface area contributed by atoms with Gasteiger partial charge >= 0.3 is 0 Å². The fourth-order valence-corrected chi connectivity index (χ4v) is 4.37. The number of rotatable bonds is 3. The van der Waals surface area contributed by atoms with Gasteiger partial charge < -0.3 is 10.2 Å². The van der Waals surface area contributed by atoms with Crippen molar-refractivity contribution in [1.82, 2.24) is 9.88 Å². The minimum absolute atomic E-state index is 0.0563. The second kappa shape index (κ2) is 7.61. The maximum atomic E-state index is 13.2. The number of hydrogen-bond donors (Lipinski definition) is 1. The molecule has 0 saturated carbocycles. The van der Waals surface area contributed by atoms with Crippen LogP contribution in [0.1, 0.15) is 21.5 Å². The van der Waals surface area contributed by atoms with Gasteiger partial charge in [-0.2, -0.15) is 11.8 Å². The van der Waals surface area contributed by atoms with Gasteiger partial charge in [0.25, 0.3) is 5.91 Å². The Bertz CT molecular complexity index is 996. The number of hydrogen-bond acceptors (Lipinski definition) is 4. The molecular weight excluding hydrogens is 354 g/mol. The van der Waals surface area contributed by atoms with Gasteiger partial charge in [0.1, 0.15) is 0 Å². The number of pyridine rings is 1. The maximum absolute atomic E-state index is 13.2. The van der Waals surface area contributed by atoms with Crippen LogP contribution in [0.5, 0.6) is 0 Å². The van der Waals surface area contributed by atoms with Gasteiger partial charge in [0, 0.05) is 41.9 Å². The van der Waals surface area contributed by atoms with Crippen LogP contribution in [0.15, 0.2) is 48.7 Å². The van der Waals surface area contributed by atoms with Crippen molar-refractivity contribution >= 4 is 39.9 Å². The molecule has 1 aromatic heterocycles. The van der Waals surface area contributed by atoms with Crippen LogP contribution < -0.4 is 5.32 Å². The predicted octanol–water partition coefficient (Wildman–Crippen LogP) is 4.78. The molecule has 5 heteroatoms. The van der Waals surface area contributed by atoms with E-state index >= 15 is 0 Å². The van der Waals surface area contributed by atoms with Crippen molar-refractivity contribution in [2.24, 2.45) is 0 Å². The zero-order valence-corrected chi connectivity index (χ0v) is 16.5. The Morgan fingerprint density at radius 1 is 1.11 bits per heavy atom. The summed E-state index contributed by atoms with van der Waals surface area (Å²) in [6.07, 6.45) is 1.72. The number of benzene rings is 2. The number of para-hydroxylation sites is 1. The number of carbonyl (C=O) groups excluding carboxylic acids is 1. The minimum atomic E-state index is 0.0563. The molecule has 4 rings (SSSR count). The van der Waals surface area contributed by atoms with E-state index in [9.17, 15) is 4.79 Å². The van der Waals surface area contributed by atoms with Crippen molar-refractivity contribution in [3.8, 4) is 0 Å². The summed E-state index contributed by atoms with van der Waals surface area (Å²) >= 11 is 1.90. The first-order valence-corrected chi connectivity index (χ1v) is 10.4. The fourth-order valence-electron chi connectivity index (χ4n) is 3.46. The molecule has 3 aromatic rings. The van der Waals surface area contributed by atoms with Crippen LogP contribution in [-0.2, 0) is 0 Å². The van der Waals surface area contributed by atoms with Gasteiger partial charge in [-0.3, -0.25) is 9.78 Å². The van der Waals surface area contributed by atoms with E-state index in [1.807, 2.05) is 40.9 Å². The van der Waals surface area contributed by atoms with Crippen molar-refractivity contribution in [2.45, 2.75) is 13.8 Å². The number of anilines is 2. The Hall–Kier alpha value is -2.53. The fraction of sp³-hybridized carbons (Fsp3) is 0.273. The van der Waals surface area contributed by atoms with E-state index in [2.05, 4.69) is 42.3 Å². The Morgan fingerprint density at radius 2 is 1.89 bits per heavy atom. The summed E-state index contributed by atoms with van der Waals surface area (Å²) in [5, 5.41) is 4.51. The standard InChI is InChI=1S/C22H23N3OS/c1-15-7-8-19(16(2)13-15)24-21-17-5-3-4-6-20(17)23-14-18(21)22(26)25-9-11-27-12-10-25/h3-8,13-14H,9-12H2,1-2H3,(H,23,24). The molecule has 1 aliphatic rings. The smallest absolute Gasteiger partial charge is 0.257 e. The lowest BCUT2D eigenvalue weighted by molar-refractivity contribution is 0.0773.